The highest BCUT2D eigenvalue weighted by Crippen LogP contribution is 2.58. The maximum Gasteiger partial charge on any atom is 0.271 e. The molecule has 0 bridgehead atoms. The maximum atomic E-state index is 12.1. The Hall–Kier alpha value is -3.62. The lowest BCUT2D eigenvalue weighted by molar-refractivity contribution is -0.120. The normalized spacial score (nSPS) is 22.6. The summed E-state index contributed by atoms with van der Waals surface area (Å²) in [5, 5.41) is 7.35. The number of benzene rings is 1. The number of aryl methyl sites for hydroxylation is 1. The lowest BCUT2D eigenvalue weighted by Crippen LogP contribution is -2.40. The molecule has 0 aliphatic heterocycles. The quantitative estimate of drug-likeness (QED) is 0.473. The Morgan fingerprint density at radius 1 is 1.23 bits per heavy atom. The minimum Gasteiger partial charge on any atom is -0.368 e. The van der Waals surface area contributed by atoms with Gasteiger partial charge in [0, 0.05) is 29.8 Å². The lowest BCUT2D eigenvalue weighted by atomic mass is 10.1. The molecule has 9 heteroatoms. The van der Waals surface area contributed by atoms with Crippen LogP contribution >= 0.6 is 0 Å². The van der Waals surface area contributed by atoms with E-state index in [1.165, 1.54) is 6.20 Å². The summed E-state index contributed by atoms with van der Waals surface area (Å²) in [4.78, 5) is 32.8. The Morgan fingerprint density at radius 2 is 2.03 bits per heavy atom. The Morgan fingerprint density at radius 3 is 2.73 bits per heavy atom. The summed E-state index contributed by atoms with van der Waals surface area (Å²) in [6.45, 7) is 0. The number of nitrogens with two attached hydrogens (primary N) is 2. The molecule has 2 aromatic heterocycles. The van der Waals surface area contributed by atoms with E-state index in [2.05, 4.69) is 20.6 Å². The van der Waals surface area contributed by atoms with Crippen molar-refractivity contribution in [3.63, 3.8) is 0 Å². The Bertz CT molecular complexity index is 1180. The van der Waals surface area contributed by atoms with Gasteiger partial charge in [-0.25, -0.2) is 9.97 Å². The van der Waals surface area contributed by atoms with Crippen molar-refractivity contribution >= 4 is 40.0 Å². The molecular formula is C21H23N7O2. The highest BCUT2D eigenvalue weighted by molar-refractivity contribution is 5.99. The first-order valence-electron chi connectivity index (χ1n) is 9.95. The molecule has 0 spiro atoms. The number of carbonyl (C=O) groups excluding carboxylic acids is 2. The number of nitrogens with one attached hydrogen (secondary N) is 2. The molecule has 2 aliphatic rings. The van der Waals surface area contributed by atoms with Crippen LogP contribution in [0.2, 0.25) is 0 Å². The van der Waals surface area contributed by atoms with Crippen LogP contribution in [0.1, 0.15) is 29.8 Å². The van der Waals surface area contributed by atoms with E-state index in [9.17, 15) is 9.59 Å². The number of carbonyl (C=O) groups is 2. The van der Waals surface area contributed by atoms with E-state index in [-0.39, 0.29) is 23.3 Å². The van der Waals surface area contributed by atoms with Gasteiger partial charge in [-0.1, -0.05) is 6.07 Å². The van der Waals surface area contributed by atoms with E-state index < -0.39 is 11.4 Å². The van der Waals surface area contributed by atoms with Gasteiger partial charge < -0.3 is 26.7 Å². The van der Waals surface area contributed by atoms with Crippen molar-refractivity contribution < 1.29 is 9.59 Å². The van der Waals surface area contributed by atoms with Gasteiger partial charge in [0.05, 0.1) is 6.20 Å². The molecule has 6 N–H and O–H groups in total. The second-order valence-corrected chi connectivity index (χ2v) is 8.22. The Labute approximate surface area is 172 Å². The number of hydrogen-bond donors (Lipinski definition) is 4. The predicted octanol–water partition coefficient (Wildman–Crippen LogP) is 1.88. The van der Waals surface area contributed by atoms with Crippen LogP contribution < -0.4 is 22.1 Å². The third kappa shape index (κ3) is 2.94. The van der Waals surface area contributed by atoms with Gasteiger partial charge in [-0.15, -0.1) is 0 Å². The monoisotopic (exact) mass is 405 g/mol. The molecule has 3 aromatic rings. The molecule has 2 heterocycles. The minimum atomic E-state index is -0.791. The molecule has 1 aromatic carbocycles. The van der Waals surface area contributed by atoms with E-state index in [0.717, 1.165) is 29.4 Å². The summed E-state index contributed by atoms with van der Waals surface area (Å²) < 4.78 is 2.00. The van der Waals surface area contributed by atoms with Crippen molar-refractivity contribution in [3.05, 3.63) is 42.4 Å². The maximum absolute atomic E-state index is 12.1. The summed E-state index contributed by atoms with van der Waals surface area (Å²) in [5.74, 6) is 0.294. The highest BCUT2D eigenvalue weighted by Gasteiger charge is 2.64. The average Bonchev–Trinajstić information content (AvgIpc) is 3.61. The number of rotatable bonds is 7. The third-order valence-corrected chi connectivity index (χ3v) is 6.18. The highest BCUT2D eigenvalue weighted by atomic mass is 16.2. The topological polar surface area (TPSA) is 141 Å². The Kier molecular flexibility index (Phi) is 3.96. The van der Waals surface area contributed by atoms with Gasteiger partial charge >= 0.3 is 0 Å². The number of anilines is 3. The van der Waals surface area contributed by atoms with E-state index in [4.69, 9.17) is 11.5 Å². The predicted molar refractivity (Wildman–Crippen MR) is 113 cm³/mol. The summed E-state index contributed by atoms with van der Waals surface area (Å²) in [7, 11) is 1.96. The molecule has 2 atom stereocenters. The van der Waals surface area contributed by atoms with Crippen LogP contribution in [-0.2, 0) is 11.8 Å². The van der Waals surface area contributed by atoms with E-state index in [1.807, 2.05) is 42.1 Å². The molecular weight excluding hydrogens is 382 g/mol. The number of amides is 2. The van der Waals surface area contributed by atoms with E-state index in [0.29, 0.717) is 18.2 Å². The fraction of sp³-hybridized carbons (Fsp3) is 0.333. The third-order valence-electron chi connectivity index (χ3n) is 6.18. The summed E-state index contributed by atoms with van der Waals surface area (Å²) in [6, 6.07) is 7.78. The SMILES string of the molecule is Cn1ccc2c(Nc3nc(NC4(C(N)=O)CC4C4CC4)cnc3C(N)=O)cccc21. The molecule has 2 unspecified atom stereocenters. The van der Waals surface area contributed by atoms with Gasteiger partial charge in [0.25, 0.3) is 5.91 Å². The minimum absolute atomic E-state index is 0.0242. The molecule has 0 saturated heterocycles. The van der Waals surface area contributed by atoms with Crippen LogP contribution in [0.4, 0.5) is 17.3 Å². The van der Waals surface area contributed by atoms with Crippen molar-refractivity contribution in [3.8, 4) is 0 Å². The molecule has 2 saturated carbocycles. The summed E-state index contributed by atoms with van der Waals surface area (Å²) in [6.07, 6.45) is 6.32. The zero-order valence-electron chi connectivity index (χ0n) is 16.6. The number of nitrogens with zero attached hydrogens (tertiary/aromatic N) is 3. The van der Waals surface area contributed by atoms with Crippen LogP contribution in [0.5, 0.6) is 0 Å². The van der Waals surface area contributed by atoms with Gasteiger partial charge in [-0.05, 0) is 49.3 Å². The smallest absolute Gasteiger partial charge is 0.271 e. The fourth-order valence-corrected chi connectivity index (χ4v) is 4.33. The number of aromatic nitrogens is 3. The van der Waals surface area contributed by atoms with Gasteiger partial charge in [0.15, 0.2) is 11.5 Å². The van der Waals surface area contributed by atoms with Crippen LogP contribution in [0.15, 0.2) is 36.7 Å². The van der Waals surface area contributed by atoms with Crippen LogP contribution in [0.3, 0.4) is 0 Å². The first-order chi connectivity index (χ1) is 14.4. The molecule has 2 fully saturated rings. The van der Waals surface area contributed by atoms with Crippen molar-refractivity contribution in [2.24, 2.45) is 30.4 Å². The zero-order chi connectivity index (χ0) is 21.0. The van der Waals surface area contributed by atoms with Gasteiger partial charge in [0.1, 0.15) is 11.4 Å². The van der Waals surface area contributed by atoms with Crippen molar-refractivity contribution in [2.75, 3.05) is 10.6 Å². The second-order valence-electron chi connectivity index (χ2n) is 8.22. The standard InChI is InChI=1S/C21H23N7O2/c1-28-8-7-12-14(3-2-4-15(12)28)25-19-17(18(22)29)24-10-16(26-19)27-21(20(23)30)9-13(21)11-5-6-11/h2-4,7-8,10-11,13H,5-6,9H2,1H3,(H2,22,29)(H2,23,30)(H2,25,26,27). The molecule has 2 amide bonds. The molecule has 0 radical (unpaired) electrons. The van der Waals surface area contributed by atoms with E-state index in [1.54, 1.807) is 0 Å². The largest absolute Gasteiger partial charge is 0.368 e. The second kappa shape index (κ2) is 6.45. The van der Waals surface area contributed by atoms with Gasteiger partial charge in [0.2, 0.25) is 5.91 Å². The van der Waals surface area contributed by atoms with Crippen molar-refractivity contribution in [1.29, 1.82) is 0 Å². The number of hydrogen-bond acceptors (Lipinski definition) is 6. The number of fused-ring (bicyclic) bond motifs is 1. The Balaban J connectivity index is 1.49. The number of primary amides is 2. The summed E-state index contributed by atoms with van der Waals surface area (Å²) >= 11 is 0. The van der Waals surface area contributed by atoms with E-state index >= 15 is 0 Å². The first-order valence-corrected chi connectivity index (χ1v) is 9.95. The van der Waals surface area contributed by atoms with Crippen LogP contribution in [0.25, 0.3) is 10.9 Å². The van der Waals surface area contributed by atoms with Crippen molar-refractivity contribution in [2.45, 2.75) is 24.8 Å². The van der Waals surface area contributed by atoms with Gasteiger partial charge in [-0.2, -0.15) is 0 Å². The molecule has 30 heavy (non-hydrogen) atoms. The van der Waals surface area contributed by atoms with Crippen LogP contribution in [0, 0.1) is 11.8 Å². The molecule has 9 nitrogen and oxygen atoms in total. The van der Waals surface area contributed by atoms with Crippen LogP contribution in [-0.4, -0.2) is 31.9 Å². The van der Waals surface area contributed by atoms with Gasteiger partial charge in [-0.3, -0.25) is 9.59 Å². The fourth-order valence-electron chi connectivity index (χ4n) is 4.33. The average molecular weight is 405 g/mol. The molecule has 2 aliphatic carbocycles. The zero-order valence-corrected chi connectivity index (χ0v) is 16.6. The molecule has 154 valence electrons. The first kappa shape index (κ1) is 18.4. The molecule has 5 rings (SSSR count). The summed E-state index contributed by atoms with van der Waals surface area (Å²) in [5.41, 5.74) is 12.2. The van der Waals surface area contributed by atoms with Crippen molar-refractivity contribution in [1.82, 2.24) is 14.5 Å². The lowest BCUT2D eigenvalue weighted by Gasteiger charge is -2.18.